The van der Waals surface area contributed by atoms with Gasteiger partial charge in [-0.2, -0.15) is 0 Å². The average Bonchev–Trinajstić information content (AvgIpc) is 3.34. The second-order valence-corrected chi connectivity index (χ2v) is 7.12. The first-order valence-electron chi connectivity index (χ1n) is 9.30. The number of hydrogen-bond acceptors (Lipinski definition) is 6. The van der Waals surface area contributed by atoms with Crippen molar-refractivity contribution in [1.29, 1.82) is 0 Å². The van der Waals surface area contributed by atoms with E-state index in [1.54, 1.807) is 0 Å². The molecular weight excluding hydrogens is 330 g/mol. The van der Waals surface area contributed by atoms with Crippen molar-refractivity contribution >= 4 is 5.91 Å². The molecule has 3 heterocycles. The van der Waals surface area contributed by atoms with E-state index in [1.165, 1.54) is 17.7 Å². The molecule has 1 amide bonds. The highest BCUT2D eigenvalue weighted by atomic mass is 16.3. The molecule has 0 saturated carbocycles. The largest absolute Gasteiger partial charge is 0.465 e. The van der Waals surface area contributed by atoms with Gasteiger partial charge in [0, 0.05) is 24.4 Å². The number of carbonyl (C=O) groups is 1. The number of aryl methyl sites for hydroxylation is 3. The molecule has 7 heteroatoms. The number of rotatable bonds is 5. The Labute approximate surface area is 153 Å². The second kappa shape index (κ2) is 7.17. The fourth-order valence-electron chi connectivity index (χ4n) is 3.77. The zero-order valence-corrected chi connectivity index (χ0v) is 15.3. The van der Waals surface area contributed by atoms with Crippen LogP contribution in [0.4, 0.5) is 0 Å². The van der Waals surface area contributed by atoms with E-state index in [4.69, 9.17) is 4.42 Å². The molecule has 1 fully saturated rings. The van der Waals surface area contributed by atoms with Gasteiger partial charge in [0.25, 0.3) is 0 Å². The van der Waals surface area contributed by atoms with Crippen LogP contribution in [0.25, 0.3) is 0 Å². The van der Waals surface area contributed by atoms with E-state index < -0.39 is 0 Å². The summed E-state index contributed by atoms with van der Waals surface area (Å²) in [7, 11) is 0. The summed E-state index contributed by atoms with van der Waals surface area (Å²) in [6, 6.07) is 3.63. The zero-order valence-electron chi connectivity index (χ0n) is 15.3. The fraction of sp³-hybridized carbons (Fsp3) is 0.526. The number of hydrogen-bond donors (Lipinski definition) is 3. The number of amides is 1. The number of nitrogens with one attached hydrogen (secondary N) is 3. The first-order valence-corrected chi connectivity index (χ1v) is 9.30. The lowest BCUT2D eigenvalue weighted by Crippen LogP contribution is -2.43. The summed E-state index contributed by atoms with van der Waals surface area (Å²) in [6.07, 6.45) is 4.62. The van der Waals surface area contributed by atoms with Crippen molar-refractivity contribution in [1.82, 2.24) is 26.1 Å². The Morgan fingerprint density at radius 1 is 1.27 bits per heavy atom. The molecule has 1 saturated heterocycles. The Morgan fingerprint density at radius 3 is 2.96 bits per heavy atom. The molecule has 2 atom stereocenters. The Balaban J connectivity index is 1.28. The molecule has 4 rings (SSSR count). The number of furan rings is 1. The van der Waals surface area contributed by atoms with Crippen LogP contribution < -0.4 is 16.2 Å². The molecule has 2 aromatic rings. The van der Waals surface area contributed by atoms with Gasteiger partial charge in [-0.05, 0) is 57.2 Å². The van der Waals surface area contributed by atoms with Gasteiger partial charge in [-0.25, -0.2) is 20.8 Å². The van der Waals surface area contributed by atoms with E-state index in [1.807, 2.05) is 19.1 Å². The van der Waals surface area contributed by atoms with E-state index >= 15 is 0 Å². The number of aromatic nitrogens is 2. The SMILES string of the molecule is Cc1ccc(C2CC(C(=O)NCCc3nc(C)c4c(n3)CCC4)NN2)o1. The van der Waals surface area contributed by atoms with Gasteiger partial charge in [0.15, 0.2) is 0 Å². The highest BCUT2D eigenvalue weighted by Crippen LogP contribution is 2.24. The van der Waals surface area contributed by atoms with E-state index in [0.717, 1.165) is 35.9 Å². The standard InChI is InChI=1S/C19H25N5O2/c1-11-6-7-17(26-11)15-10-16(24-23-15)19(25)20-9-8-18-21-12(2)13-4-3-5-14(13)22-18/h6-7,15-16,23-24H,3-5,8-10H2,1-2H3,(H,20,25). The maximum absolute atomic E-state index is 12.4. The maximum atomic E-state index is 12.4. The van der Waals surface area contributed by atoms with Gasteiger partial charge in [0.2, 0.25) is 5.91 Å². The van der Waals surface area contributed by atoms with Gasteiger partial charge in [-0.15, -0.1) is 0 Å². The summed E-state index contributed by atoms with van der Waals surface area (Å²) in [5.74, 6) is 2.54. The number of fused-ring (bicyclic) bond motifs is 1. The molecule has 0 bridgehead atoms. The van der Waals surface area contributed by atoms with Crippen molar-refractivity contribution in [3.63, 3.8) is 0 Å². The molecule has 2 aromatic heterocycles. The van der Waals surface area contributed by atoms with Crippen LogP contribution in [0.15, 0.2) is 16.5 Å². The summed E-state index contributed by atoms with van der Waals surface area (Å²) in [5, 5.41) is 2.99. The zero-order chi connectivity index (χ0) is 18.1. The maximum Gasteiger partial charge on any atom is 0.238 e. The Hall–Kier alpha value is -2.25. The molecule has 2 unspecified atom stereocenters. The van der Waals surface area contributed by atoms with Crippen LogP contribution in [0, 0.1) is 13.8 Å². The molecule has 1 aliphatic carbocycles. The topological polar surface area (TPSA) is 92.1 Å². The third-order valence-corrected chi connectivity index (χ3v) is 5.16. The third kappa shape index (κ3) is 3.50. The van der Waals surface area contributed by atoms with Crippen LogP contribution in [0.1, 0.15) is 53.2 Å². The van der Waals surface area contributed by atoms with E-state index in [-0.39, 0.29) is 18.0 Å². The number of carbonyl (C=O) groups excluding carboxylic acids is 1. The molecule has 0 spiro atoms. The molecule has 7 nitrogen and oxygen atoms in total. The van der Waals surface area contributed by atoms with Crippen LogP contribution in [0.3, 0.4) is 0 Å². The van der Waals surface area contributed by atoms with Gasteiger partial charge in [0.1, 0.15) is 23.4 Å². The normalized spacial score (nSPS) is 21.8. The molecule has 3 N–H and O–H groups in total. The Bertz CT molecular complexity index is 816. The van der Waals surface area contributed by atoms with Crippen LogP contribution >= 0.6 is 0 Å². The highest BCUT2D eigenvalue weighted by molar-refractivity contribution is 5.82. The van der Waals surface area contributed by atoms with Crippen LogP contribution in [0.2, 0.25) is 0 Å². The first-order chi connectivity index (χ1) is 12.6. The minimum atomic E-state index is -0.270. The van der Waals surface area contributed by atoms with Crippen LogP contribution in [-0.4, -0.2) is 28.5 Å². The Morgan fingerprint density at radius 2 is 2.15 bits per heavy atom. The van der Waals surface area contributed by atoms with Crippen molar-refractivity contribution in [3.05, 3.63) is 46.4 Å². The second-order valence-electron chi connectivity index (χ2n) is 7.12. The van der Waals surface area contributed by atoms with Crippen molar-refractivity contribution in [3.8, 4) is 0 Å². The Kier molecular flexibility index (Phi) is 4.74. The van der Waals surface area contributed by atoms with Crippen molar-refractivity contribution < 1.29 is 9.21 Å². The van der Waals surface area contributed by atoms with Gasteiger partial charge in [-0.3, -0.25) is 4.79 Å². The van der Waals surface area contributed by atoms with Crippen molar-refractivity contribution in [2.45, 2.75) is 58.0 Å². The summed E-state index contributed by atoms with van der Waals surface area (Å²) in [4.78, 5) is 21.6. The third-order valence-electron chi connectivity index (χ3n) is 5.16. The highest BCUT2D eigenvalue weighted by Gasteiger charge is 2.31. The van der Waals surface area contributed by atoms with Gasteiger partial charge in [-0.1, -0.05) is 0 Å². The van der Waals surface area contributed by atoms with E-state index in [2.05, 4.69) is 33.1 Å². The number of nitrogens with zero attached hydrogens (tertiary/aromatic N) is 2. The summed E-state index contributed by atoms with van der Waals surface area (Å²) in [6.45, 7) is 4.51. The molecule has 2 aliphatic rings. The molecule has 138 valence electrons. The molecular formula is C19H25N5O2. The minimum absolute atomic E-state index is 0.0128. The molecule has 0 aromatic carbocycles. The lowest BCUT2D eigenvalue weighted by Gasteiger charge is -2.11. The molecule has 0 radical (unpaired) electrons. The summed E-state index contributed by atoms with van der Waals surface area (Å²) < 4.78 is 5.63. The van der Waals surface area contributed by atoms with Crippen LogP contribution in [0.5, 0.6) is 0 Å². The molecule has 1 aliphatic heterocycles. The lowest BCUT2D eigenvalue weighted by atomic mass is 10.1. The monoisotopic (exact) mass is 355 g/mol. The summed E-state index contributed by atoms with van der Waals surface area (Å²) in [5.41, 5.74) is 9.78. The smallest absolute Gasteiger partial charge is 0.238 e. The fourth-order valence-corrected chi connectivity index (χ4v) is 3.77. The predicted molar refractivity (Wildman–Crippen MR) is 96.4 cm³/mol. The quantitative estimate of drug-likeness (QED) is 0.752. The molecule has 26 heavy (non-hydrogen) atoms. The summed E-state index contributed by atoms with van der Waals surface area (Å²) >= 11 is 0. The van der Waals surface area contributed by atoms with E-state index in [9.17, 15) is 4.79 Å². The van der Waals surface area contributed by atoms with Gasteiger partial charge < -0.3 is 9.73 Å². The predicted octanol–water partition coefficient (Wildman–Crippen LogP) is 1.44. The van der Waals surface area contributed by atoms with Gasteiger partial charge in [0.05, 0.1) is 6.04 Å². The van der Waals surface area contributed by atoms with Crippen molar-refractivity contribution in [2.24, 2.45) is 0 Å². The number of hydrazine groups is 1. The first kappa shape index (κ1) is 17.2. The average molecular weight is 355 g/mol. The minimum Gasteiger partial charge on any atom is -0.465 e. The van der Waals surface area contributed by atoms with Crippen molar-refractivity contribution in [2.75, 3.05) is 6.54 Å². The van der Waals surface area contributed by atoms with Crippen LogP contribution in [-0.2, 0) is 24.1 Å². The van der Waals surface area contributed by atoms with Gasteiger partial charge >= 0.3 is 0 Å². The van der Waals surface area contributed by atoms with E-state index in [0.29, 0.717) is 19.4 Å². The lowest BCUT2D eigenvalue weighted by molar-refractivity contribution is -0.122.